The topological polar surface area (TPSA) is 84.3 Å². The minimum Gasteiger partial charge on any atom is -0.481 e. The summed E-state index contributed by atoms with van der Waals surface area (Å²) in [6.07, 6.45) is 7.99. The number of ether oxygens (including phenoxy) is 1. The number of nitrogens with zero attached hydrogens (tertiary/aromatic N) is 2. The molecule has 0 radical (unpaired) electrons. The van der Waals surface area contributed by atoms with Crippen LogP contribution in [0.25, 0.3) is 10.2 Å². The number of hydrogen-bond acceptors (Lipinski definition) is 6. The molecule has 7 heteroatoms. The normalized spacial score (nSPS) is 25.9. The molecule has 0 bridgehead atoms. The third kappa shape index (κ3) is 3.22. The van der Waals surface area contributed by atoms with Crippen molar-refractivity contribution in [3.05, 3.63) is 16.8 Å². The lowest BCUT2D eigenvalue weighted by atomic mass is 9.93. The van der Waals surface area contributed by atoms with Gasteiger partial charge in [0.2, 0.25) is 5.88 Å². The molecule has 1 saturated carbocycles. The molecule has 2 heterocycles. The Morgan fingerprint density at radius 3 is 2.84 bits per heavy atom. The summed E-state index contributed by atoms with van der Waals surface area (Å²) >= 11 is 1.66. The summed E-state index contributed by atoms with van der Waals surface area (Å²) in [7, 11) is 2.01. The van der Waals surface area contributed by atoms with Crippen LogP contribution in [0.3, 0.4) is 0 Å². The van der Waals surface area contributed by atoms with E-state index >= 15 is 0 Å². The quantitative estimate of drug-likeness (QED) is 0.851. The molecule has 2 aromatic heterocycles. The van der Waals surface area contributed by atoms with Gasteiger partial charge in [0.1, 0.15) is 17.3 Å². The lowest BCUT2D eigenvalue weighted by molar-refractivity contribution is -0.137. The van der Waals surface area contributed by atoms with Crippen LogP contribution in [0.4, 0.5) is 0 Å². The van der Waals surface area contributed by atoms with Gasteiger partial charge in [-0.05, 0) is 57.1 Å². The Bertz CT molecular complexity index is 783. The summed E-state index contributed by atoms with van der Waals surface area (Å²) < 4.78 is 6.28. The highest BCUT2D eigenvalue weighted by molar-refractivity contribution is 7.19. The molecule has 0 saturated heterocycles. The predicted octanol–water partition coefficient (Wildman–Crippen LogP) is 3.11. The fourth-order valence-corrected chi connectivity index (χ4v) is 5.40. The minimum atomic E-state index is -0.748. The third-order valence-electron chi connectivity index (χ3n) is 5.48. The summed E-state index contributed by atoms with van der Waals surface area (Å²) in [5.41, 5.74) is 1.13. The van der Waals surface area contributed by atoms with Crippen molar-refractivity contribution in [3.63, 3.8) is 0 Å². The second kappa shape index (κ2) is 6.88. The number of carbonyl (C=O) groups is 1. The van der Waals surface area contributed by atoms with Crippen LogP contribution in [-0.4, -0.2) is 40.2 Å². The zero-order valence-corrected chi connectivity index (χ0v) is 15.1. The minimum absolute atomic E-state index is 0.0506. The largest absolute Gasteiger partial charge is 0.481 e. The van der Waals surface area contributed by atoms with Crippen LogP contribution >= 0.6 is 11.3 Å². The smallest absolute Gasteiger partial charge is 0.303 e. The second-order valence-corrected chi connectivity index (χ2v) is 8.10. The van der Waals surface area contributed by atoms with E-state index in [2.05, 4.69) is 15.3 Å². The predicted molar refractivity (Wildman–Crippen MR) is 96.5 cm³/mol. The average molecular weight is 361 g/mol. The summed E-state index contributed by atoms with van der Waals surface area (Å²) in [4.78, 5) is 22.2. The van der Waals surface area contributed by atoms with Crippen molar-refractivity contribution >= 4 is 27.5 Å². The van der Waals surface area contributed by atoms with Crippen LogP contribution < -0.4 is 10.1 Å². The van der Waals surface area contributed by atoms with Gasteiger partial charge >= 0.3 is 5.97 Å². The Morgan fingerprint density at radius 2 is 2.12 bits per heavy atom. The van der Waals surface area contributed by atoms with Crippen molar-refractivity contribution in [1.29, 1.82) is 0 Å². The highest BCUT2D eigenvalue weighted by Gasteiger charge is 2.32. The monoisotopic (exact) mass is 361 g/mol. The lowest BCUT2D eigenvalue weighted by Crippen LogP contribution is -2.34. The summed E-state index contributed by atoms with van der Waals surface area (Å²) in [5.74, 6) is -0.0516. The Morgan fingerprint density at radius 1 is 1.32 bits per heavy atom. The molecule has 6 nitrogen and oxygen atoms in total. The molecule has 0 spiro atoms. The van der Waals surface area contributed by atoms with Crippen LogP contribution in [-0.2, 0) is 11.2 Å². The van der Waals surface area contributed by atoms with Gasteiger partial charge < -0.3 is 15.2 Å². The van der Waals surface area contributed by atoms with E-state index in [9.17, 15) is 9.90 Å². The standard InChI is InChI=1S/C18H23N3O3S/c1-19-11-3-5-12(6-4-11)24-17-16-15-10(8-14(22)23)2-7-13(15)25-18(16)21-9-20-17/h9-12,19H,2-8H2,1H3,(H,22,23)/t10-,11-,12-/m1/s1. The van der Waals surface area contributed by atoms with Gasteiger partial charge in [-0.3, -0.25) is 4.79 Å². The highest BCUT2D eigenvalue weighted by Crippen LogP contribution is 2.47. The van der Waals surface area contributed by atoms with Crippen LogP contribution in [0.5, 0.6) is 5.88 Å². The van der Waals surface area contributed by atoms with Gasteiger partial charge in [0.05, 0.1) is 11.8 Å². The zero-order chi connectivity index (χ0) is 17.4. The fourth-order valence-electron chi connectivity index (χ4n) is 4.17. The molecule has 1 fully saturated rings. The summed E-state index contributed by atoms with van der Waals surface area (Å²) in [6.45, 7) is 0. The van der Waals surface area contributed by atoms with Gasteiger partial charge in [-0.15, -0.1) is 11.3 Å². The first-order chi connectivity index (χ1) is 12.2. The number of carboxylic acids is 1. The second-order valence-electron chi connectivity index (χ2n) is 7.01. The number of hydrogen-bond donors (Lipinski definition) is 2. The molecule has 4 rings (SSSR count). The van der Waals surface area contributed by atoms with E-state index < -0.39 is 5.97 Å². The number of carboxylic acid groups (broad SMARTS) is 1. The zero-order valence-electron chi connectivity index (χ0n) is 14.3. The van der Waals surface area contributed by atoms with E-state index in [1.165, 1.54) is 4.88 Å². The van der Waals surface area contributed by atoms with Crippen molar-refractivity contribution in [2.24, 2.45) is 0 Å². The van der Waals surface area contributed by atoms with Crippen molar-refractivity contribution in [2.75, 3.05) is 7.05 Å². The molecular weight excluding hydrogens is 338 g/mol. The third-order valence-corrected chi connectivity index (χ3v) is 6.65. The Labute approximate surface area is 150 Å². The van der Waals surface area contributed by atoms with Gasteiger partial charge in [-0.2, -0.15) is 0 Å². The van der Waals surface area contributed by atoms with Gasteiger partial charge in [-0.25, -0.2) is 9.97 Å². The summed E-state index contributed by atoms with van der Waals surface area (Å²) in [5, 5.41) is 13.5. The van der Waals surface area contributed by atoms with Crippen molar-refractivity contribution < 1.29 is 14.6 Å². The van der Waals surface area contributed by atoms with E-state index in [0.717, 1.165) is 54.3 Å². The number of aliphatic carboxylic acids is 1. The number of aryl methyl sites for hydroxylation is 1. The highest BCUT2D eigenvalue weighted by atomic mass is 32.1. The first-order valence-corrected chi connectivity index (χ1v) is 9.79. The molecule has 134 valence electrons. The van der Waals surface area contributed by atoms with E-state index in [1.807, 2.05) is 7.05 Å². The van der Waals surface area contributed by atoms with Crippen molar-refractivity contribution in [3.8, 4) is 5.88 Å². The Kier molecular flexibility index (Phi) is 4.60. The van der Waals surface area contributed by atoms with Crippen LogP contribution in [0, 0.1) is 0 Å². The maximum atomic E-state index is 11.2. The Balaban J connectivity index is 1.63. The fraction of sp³-hybridized carbons (Fsp3) is 0.611. The van der Waals surface area contributed by atoms with Crippen LogP contribution in [0.15, 0.2) is 6.33 Å². The van der Waals surface area contributed by atoms with Crippen molar-refractivity contribution in [1.82, 2.24) is 15.3 Å². The molecule has 0 amide bonds. The van der Waals surface area contributed by atoms with E-state index in [4.69, 9.17) is 4.74 Å². The average Bonchev–Trinajstić information content (AvgIpc) is 3.15. The van der Waals surface area contributed by atoms with E-state index in [0.29, 0.717) is 11.9 Å². The number of rotatable bonds is 5. The molecule has 2 aromatic rings. The first kappa shape index (κ1) is 16.7. The van der Waals surface area contributed by atoms with Gasteiger partial charge in [0, 0.05) is 10.9 Å². The molecule has 0 aliphatic heterocycles. The van der Waals surface area contributed by atoms with Gasteiger partial charge in [0.15, 0.2) is 0 Å². The van der Waals surface area contributed by atoms with E-state index in [-0.39, 0.29) is 18.4 Å². The van der Waals surface area contributed by atoms with E-state index in [1.54, 1.807) is 17.7 Å². The van der Waals surface area contributed by atoms with Gasteiger partial charge in [-0.1, -0.05) is 0 Å². The SMILES string of the molecule is CN[C@H]1CC[C@H](Oc2ncnc3sc4c(c23)[C@@H](CC(=O)O)CC4)CC1. The molecule has 25 heavy (non-hydrogen) atoms. The molecule has 0 aromatic carbocycles. The number of nitrogens with one attached hydrogen (secondary N) is 1. The number of fused-ring (bicyclic) bond motifs is 3. The van der Waals surface area contributed by atoms with Crippen LogP contribution in [0.2, 0.25) is 0 Å². The molecule has 2 aliphatic rings. The Hall–Kier alpha value is -1.73. The molecule has 1 atom stereocenters. The molecule has 2 aliphatic carbocycles. The van der Waals surface area contributed by atoms with Crippen molar-refractivity contribution in [2.45, 2.75) is 63.0 Å². The maximum Gasteiger partial charge on any atom is 0.303 e. The lowest BCUT2D eigenvalue weighted by Gasteiger charge is -2.28. The van der Waals surface area contributed by atoms with Crippen LogP contribution in [0.1, 0.15) is 54.9 Å². The van der Waals surface area contributed by atoms with Gasteiger partial charge in [0.25, 0.3) is 0 Å². The summed E-state index contributed by atoms with van der Waals surface area (Å²) in [6, 6.07) is 0.579. The number of thiophene rings is 1. The molecule has 2 N–H and O–H groups in total. The molecule has 0 unspecified atom stereocenters. The number of aromatic nitrogens is 2. The first-order valence-electron chi connectivity index (χ1n) is 8.97. The maximum absolute atomic E-state index is 11.2. The molecular formula is C18H23N3O3S.